The molecule has 0 spiro atoms. The molecule has 4 heteroatoms. The van der Waals surface area contributed by atoms with Crippen LogP contribution in [0.5, 0.6) is 0 Å². The van der Waals surface area contributed by atoms with Crippen molar-refractivity contribution in [1.29, 1.82) is 0 Å². The third-order valence-electron chi connectivity index (χ3n) is 2.13. The summed E-state index contributed by atoms with van der Waals surface area (Å²) in [4.78, 5) is 4.22. The van der Waals surface area contributed by atoms with E-state index in [1.807, 2.05) is 18.2 Å². The van der Waals surface area contributed by atoms with Crippen molar-refractivity contribution in [3.8, 4) is 0 Å². The quantitative estimate of drug-likeness (QED) is 0.469. The molecule has 4 nitrogen and oxygen atoms in total. The van der Waals surface area contributed by atoms with Crippen LogP contribution in [0.15, 0.2) is 24.4 Å². The number of hydrogen-bond acceptors (Lipinski definition) is 4. The molecule has 0 saturated carbocycles. The molecule has 0 aromatic carbocycles. The van der Waals surface area contributed by atoms with E-state index in [1.54, 1.807) is 6.20 Å². The Morgan fingerprint density at radius 1 is 1.50 bits per heavy atom. The van der Waals surface area contributed by atoms with Crippen LogP contribution in [0.1, 0.15) is 5.69 Å². The average Bonchev–Trinajstić information content (AvgIpc) is 2.05. The van der Waals surface area contributed by atoms with Crippen LogP contribution in [-0.4, -0.2) is 18.2 Å². The van der Waals surface area contributed by atoms with Crippen molar-refractivity contribution in [3.63, 3.8) is 0 Å². The smallest absolute Gasteiger partial charge is 0.121 e. The van der Waals surface area contributed by atoms with E-state index in [0.29, 0.717) is 13.2 Å². The van der Waals surface area contributed by atoms with Crippen molar-refractivity contribution >= 4 is 0 Å². The molecule has 0 atom stereocenters. The van der Waals surface area contributed by atoms with Crippen molar-refractivity contribution in [2.75, 3.05) is 13.2 Å². The molecule has 12 heavy (non-hydrogen) atoms. The highest BCUT2D eigenvalue weighted by Gasteiger charge is 2.40. The van der Waals surface area contributed by atoms with E-state index in [4.69, 9.17) is 10.6 Å². The molecule has 0 aliphatic carbocycles. The van der Waals surface area contributed by atoms with Crippen LogP contribution in [0.2, 0.25) is 0 Å². The summed E-state index contributed by atoms with van der Waals surface area (Å²) in [7, 11) is 0. The van der Waals surface area contributed by atoms with Crippen molar-refractivity contribution in [2.45, 2.75) is 5.54 Å². The molecule has 2 rings (SSSR count). The number of rotatable bonds is 2. The molecule has 0 bridgehead atoms. The van der Waals surface area contributed by atoms with Crippen LogP contribution >= 0.6 is 0 Å². The number of aromatic nitrogens is 1. The molecule has 1 fully saturated rings. The van der Waals surface area contributed by atoms with Crippen LogP contribution in [0.25, 0.3) is 0 Å². The lowest BCUT2D eigenvalue weighted by molar-refractivity contribution is -0.0808. The first kappa shape index (κ1) is 7.67. The first-order chi connectivity index (χ1) is 5.87. The Kier molecular flexibility index (Phi) is 1.80. The molecule has 2 heterocycles. The third kappa shape index (κ3) is 1.01. The van der Waals surface area contributed by atoms with Crippen molar-refractivity contribution in [1.82, 2.24) is 10.4 Å². The zero-order valence-corrected chi connectivity index (χ0v) is 6.66. The van der Waals surface area contributed by atoms with Crippen molar-refractivity contribution in [3.05, 3.63) is 30.1 Å². The number of nitrogens with one attached hydrogen (secondary N) is 1. The summed E-state index contributed by atoms with van der Waals surface area (Å²) in [5, 5.41) is 0. The number of pyridine rings is 1. The average molecular weight is 165 g/mol. The number of hydrogen-bond donors (Lipinski definition) is 2. The Labute approximate surface area is 70.7 Å². The van der Waals surface area contributed by atoms with Crippen LogP contribution in [0.4, 0.5) is 0 Å². The maximum absolute atomic E-state index is 5.43. The normalized spacial score (nSPS) is 20.1. The Bertz CT molecular complexity index is 253. The predicted octanol–water partition coefficient (Wildman–Crippen LogP) is -0.230. The standard InChI is InChI=1S/C8H11N3O/c9-11-8(5-12-6-8)7-3-1-2-4-10-7/h1-4,11H,5-6,9H2. The van der Waals surface area contributed by atoms with Gasteiger partial charge in [-0.1, -0.05) is 6.07 Å². The van der Waals surface area contributed by atoms with Gasteiger partial charge in [0.25, 0.3) is 0 Å². The predicted molar refractivity (Wildman–Crippen MR) is 44.1 cm³/mol. The molecule has 1 aliphatic heterocycles. The van der Waals surface area contributed by atoms with Gasteiger partial charge in [0.15, 0.2) is 0 Å². The van der Waals surface area contributed by atoms with E-state index < -0.39 is 0 Å². The number of nitrogens with zero attached hydrogens (tertiary/aromatic N) is 1. The van der Waals surface area contributed by atoms with Gasteiger partial charge in [-0.15, -0.1) is 0 Å². The minimum absolute atomic E-state index is 0.249. The Morgan fingerprint density at radius 2 is 2.33 bits per heavy atom. The third-order valence-corrected chi connectivity index (χ3v) is 2.13. The molecule has 0 amide bonds. The summed E-state index contributed by atoms with van der Waals surface area (Å²) < 4.78 is 5.10. The lowest BCUT2D eigenvalue weighted by atomic mass is 9.93. The van der Waals surface area contributed by atoms with Crippen LogP contribution in [0.3, 0.4) is 0 Å². The molecule has 1 aromatic rings. The van der Waals surface area contributed by atoms with Crippen LogP contribution in [0, 0.1) is 0 Å². The fourth-order valence-electron chi connectivity index (χ4n) is 1.26. The molecule has 64 valence electrons. The Balaban J connectivity index is 2.28. The largest absolute Gasteiger partial charge is 0.376 e. The van der Waals surface area contributed by atoms with Gasteiger partial charge in [0.05, 0.1) is 18.9 Å². The summed E-state index contributed by atoms with van der Waals surface area (Å²) >= 11 is 0. The molecule has 0 unspecified atom stereocenters. The molecule has 1 saturated heterocycles. The minimum atomic E-state index is -0.249. The van der Waals surface area contributed by atoms with E-state index >= 15 is 0 Å². The molecule has 1 aromatic heterocycles. The summed E-state index contributed by atoms with van der Waals surface area (Å²) in [6.45, 7) is 1.20. The monoisotopic (exact) mass is 165 g/mol. The Hall–Kier alpha value is -0.970. The first-order valence-corrected chi connectivity index (χ1v) is 3.84. The fraction of sp³-hybridized carbons (Fsp3) is 0.375. The summed E-state index contributed by atoms with van der Waals surface area (Å²) in [6.07, 6.45) is 1.76. The van der Waals surface area contributed by atoms with E-state index in [9.17, 15) is 0 Å². The Morgan fingerprint density at radius 3 is 2.75 bits per heavy atom. The van der Waals surface area contributed by atoms with E-state index in [0.717, 1.165) is 5.69 Å². The lowest BCUT2D eigenvalue weighted by Gasteiger charge is -2.39. The highest BCUT2D eigenvalue weighted by molar-refractivity contribution is 5.18. The zero-order chi connectivity index (χ0) is 8.44. The first-order valence-electron chi connectivity index (χ1n) is 3.84. The molecule has 1 aliphatic rings. The topological polar surface area (TPSA) is 60.2 Å². The minimum Gasteiger partial charge on any atom is -0.376 e. The van der Waals surface area contributed by atoms with Gasteiger partial charge in [-0.3, -0.25) is 10.8 Å². The second-order valence-corrected chi connectivity index (χ2v) is 2.93. The molecular formula is C8H11N3O. The van der Waals surface area contributed by atoms with Gasteiger partial charge in [0, 0.05) is 6.20 Å². The summed E-state index contributed by atoms with van der Waals surface area (Å²) in [6, 6.07) is 5.77. The van der Waals surface area contributed by atoms with Gasteiger partial charge in [-0.25, -0.2) is 5.43 Å². The summed E-state index contributed by atoms with van der Waals surface area (Å²) in [5.41, 5.74) is 3.44. The van der Waals surface area contributed by atoms with Gasteiger partial charge < -0.3 is 4.74 Å². The second kappa shape index (κ2) is 2.82. The van der Waals surface area contributed by atoms with Crippen molar-refractivity contribution < 1.29 is 4.74 Å². The van der Waals surface area contributed by atoms with Crippen LogP contribution < -0.4 is 11.3 Å². The maximum atomic E-state index is 5.43. The van der Waals surface area contributed by atoms with Gasteiger partial charge in [0.2, 0.25) is 0 Å². The fourth-order valence-corrected chi connectivity index (χ4v) is 1.26. The lowest BCUT2D eigenvalue weighted by Crippen LogP contribution is -2.60. The van der Waals surface area contributed by atoms with Crippen molar-refractivity contribution in [2.24, 2.45) is 5.84 Å². The van der Waals surface area contributed by atoms with Gasteiger partial charge in [-0.05, 0) is 12.1 Å². The zero-order valence-electron chi connectivity index (χ0n) is 6.66. The number of ether oxygens (including phenoxy) is 1. The number of hydrazine groups is 1. The highest BCUT2D eigenvalue weighted by atomic mass is 16.5. The highest BCUT2D eigenvalue weighted by Crippen LogP contribution is 2.26. The van der Waals surface area contributed by atoms with E-state index in [-0.39, 0.29) is 5.54 Å². The van der Waals surface area contributed by atoms with Gasteiger partial charge in [0.1, 0.15) is 5.54 Å². The molecule has 3 N–H and O–H groups in total. The van der Waals surface area contributed by atoms with Gasteiger partial charge in [-0.2, -0.15) is 0 Å². The van der Waals surface area contributed by atoms with E-state index in [2.05, 4.69) is 10.4 Å². The molecule has 0 radical (unpaired) electrons. The second-order valence-electron chi connectivity index (χ2n) is 2.93. The van der Waals surface area contributed by atoms with E-state index in [1.165, 1.54) is 0 Å². The SMILES string of the molecule is NNC1(c2ccccn2)COC1. The van der Waals surface area contributed by atoms with Gasteiger partial charge >= 0.3 is 0 Å². The maximum Gasteiger partial charge on any atom is 0.121 e. The summed E-state index contributed by atoms with van der Waals surface area (Å²) in [5.74, 6) is 5.43. The molecular weight excluding hydrogens is 154 g/mol. The van der Waals surface area contributed by atoms with Crippen LogP contribution in [-0.2, 0) is 10.3 Å². The number of nitrogens with two attached hydrogens (primary N) is 1.